The molecule has 0 aliphatic heterocycles. The second kappa shape index (κ2) is 3.71. The first-order chi connectivity index (χ1) is 6.05. The van der Waals surface area contributed by atoms with E-state index >= 15 is 0 Å². The van der Waals surface area contributed by atoms with Crippen LogP contribution in [0.25, 0.3) is 0 Å². The van der Waals surface area contributed by atoms with Gasteiger partial charge < -0.3 is 0 Å². The van der Waals surface area contributed by atoms with Crippen LogP contribution in [-0.4, -0.2) is 0 Å². The molecule has 0 unspecified atom stereocenters. The number of alkyl halides is 3. The Hall–Kier alpha value is -1.14. The van der Waals surface area contributed by atoms with E-state index in [2.05, 4.69) is 5.92 Å². The molecule has 0 heterocycles. The average Bonchev–Trinajstić information content (AvgIpc) is 2.04. The second-order valence-electron chi connectivity index (χ2n) is 2.26. The third-order valence-corrected chi connectivity index (χ3v) is 1.51. The van der Waals surface area contributed by atoms with Gasteiger partial charge in [-0.15, -0.1) is 0 Å². The van der Waals surface area contributed by atoms with Gasteiger partial charge in [-0.05, 0) is 29.7 Å². The van der Waals surface area contributed by atoms with Crippen molar-refractivity contribution < 1.29 is 13.2 Å². The van der Waals surface area contributed by atoms with Crippen molar-refractivity contribution in [1.82, 2.24) is 0 Å². The molecular weight excluding hydrogens is 201 g/mol. The lowest BCUT2D eigenvalue weighted by Crippen LogP contribution is -2.07. The highest BCUT2D eigenvalue weighted by molar-refractivity contribution is 6.30. The minimum atomic E-state index is -4.38. The Kier molecular flexibility index (Phi) is 2.84. The molecule has 0 nitrogen and oxygen atoms in total. The molecule has 0 fully saturated rings. The minimum absolute atomic E-state index is 0.106. The van der Waals surface area contributed by atoms with Gasteiger partial charge in [-0.1, -0.05) is 12.1 Å². The van der Waals surface area contributed by atoms with Gasteiger partial charge in [0.2, 0.25) is 0 Å². The first-order valence-electron chi connectivity index (χ1n) is 3.33. The fourth-order valence-electron chi connectivity index (χ4n) is 0.890. The highest BCUT2D eigenvalue weighted by Gasteiger charge is 2.32. The van der Waals surface area contributed by atoms with Gasteiger partial charge in [0, 0.05) is 10.9 Å². The summed E-state index contributed by atoms with van der Waals surface area (Å²) in [5.74, 6) is 2.18. The van der Waals surface area contributed by atoms with Crippen LogP contribution in [0.4, 0.5) is 13.2 Å². The van der Waals surface area contributed by atoms with E-state index < -0.39 is 11.7 Å². The van der Waals surface area contributed by atoms with E-state index in [0.29, 0.717) is 0 Å². The van der Waals surface area contributed by atoms with Crippen molar-refractivity contribution in [2.75, 3.05) is 0 Å². The molecule has 0 aliphatic carbocycles. The van der Waals surface area contributed by atoms with Gasteiger partial charge in [-0.2, -0.15) is 13.2 Å². The zero-order valence-corrected chi connectivity index (χ0v) is 7.08. The zero-order valence-electron chi connectivity index (χ0n) is 6.32. The van der Waals surface area contributed by atoms with E-state index in [-0.39, 0.29) is 5.56 Å². The molecule has 0 spiro atoms. The molecule has 0 saturated heterocycles. The molecule has 4 heteroatoms. The molecule has 1 aromatic rings. The van der Waals surface area contributed by atoms with Gasteiger partial charge in [0.05, 0.1) is 5.56 Å². The average molecular weight is 205 g/mol. The maximum Gasteiger partial charge on any atom is 0.417 e. The molecule has 0 atom stereocenters. The Labute approximate surface area is 78.3 Å². The van der Waals surface area contributed by atoms with Crippen LogP contribution in [0.15, 0.2) is 24.3 Å². The fraction of sp³-hybridized carbons (Fsp3) is 0.111. The quantitative estimate of drug-likeness (QED) is 0.569. The van der Waals surface area contributed by atoms with E-state index in [4.69, 9.17) is 11.6 Å². The zero-order chi connectivity index (χ0) is 9.90. The van der Waals surface area contributed by atoms with E-state index in [1.54, 1.807) is 0 Å². The van der Waals surface area contributed by atoms with Crippen LogP contribution in [0, 0.1) is 11.3 Å². The van der Waals surface area contributed by atoms with E-state index in [1.165, 1.54) is 18.2 Å². The van der Waals surface area contributed by atoms with E-state index in [1.807, 2.05) is 5.38 Å². The molecule has 68 valence electrons. The Bertz CT molecular complexity index is 357. The van der Waals surface area contributed by atoms with Gasteiger partial charge >= 0.3 is 6.18 Å². The summed E-state index contributed by atoms with van der Waals surface area (Å²) in [5.41, 5.74) is -0.867. The second-order valence-corrected chi connectivity index (χ2v) is 2.45. The fourth-order valence-corrected chi connectivity index (χ4v) is 0.992. The number of hydrogen-bond acceptors (Lipinski definition) is 0. The van der Waals surface area contributed by atoms with Gasteiger partial charge in [0.25, 0.3) is 0 Å². The maximum atomic E-state index is 12.3. The van der Waals surface area contributed by atoms with E-state index in [0.717, 1.165) is 6.07 Å². The largest absolute Gasteiger partial charge is 0.417 e. The van der Waals surface area contributed by atoms with Crippen LogP contribution in [0.1, 0.15) is 11.1 Å². The molecule has 1 aromatic carbocycles. The first kappa shape index (κ1) is 9.94. The Balaban J connectivity index is 3.25. The summed E-state index contributed by atoms with van der Waals surface area (Å²) in [6.07, 6.45) is -4.38. The van der Waals surface area contributed by atoms with Crippen LogP contribution >= 0.6 is 11.6 Å². The van der Waals surface area contributed by atoms with Crippen molar-refractivity contribution in [2.45, 2.75) is 6.18 Å². The molecule has 13 heavy (non-hydrogen) atoms. The highest BCUT2D eigenvalue weighted by Crippen LogP contribution is 2.31. The number of halogens is 4. The van der Waals surface area contributed by atoms with Gasteiger partial charge in [-0.3, -0.25) is 0 Å². The van der Waals surface area contributed by atoms with Crippen molar-refractivity contribution in [3.8, 4) is 11.3 Å². The van der Waals surface area contributed by atoms with Crippen LogP contribution in [0.2, 0.25) is 0 Å². The Morgan fingerprint density at radius 1 is 1.15 bits per heavy atom. The number of hydrogen-bond donors (Lipinski definition) is 0. The van der Waals surface area contributed by atoms with Crippen molar-refractivity contribution in [3.63, 3.8) is 0 Å². The van der Waals surface area contributed by atoms with Gasteiger partial charge in [0.15, 0.2) is 0 Å². The van der Waals surface area contributed by atoms with E-state index in [9.17, 15) is 13.2 Å². The highest BCUT2D eigenvalue weighted by atomic mass is 35.5. The Morgan fingerprint density at radius 2 is 1.77 bits per heavy atom. The summed E-state index contributed by atoms with van der Waals surface area (Å²) in [4.78, 5) is 0. The summed E-state index contributed by atoms with van der Waals surface area (Å²) < 4.78 is 36.8. The summed E-state index contributed by atoms with van der Waals surface area (Å²) in [6, 6.07) is 5.03. The van der Waals surface area contributed by atoms with Crippen molar-refractivity contribution >= 4 is 11.6 Å². The molecule has 1 rings (SSSR count). The molecule has 0 radical (unpaired) electrons. The topological polar surface area (TPSA) is 0 Å². The predicted molar refractivity (Wildman–Crippen MR) is 44.2 cm³/mol. The predicted octanol–water partition coefficient (Wildman–Crippen LogP) is 3.25. The monoisotopic (exact) mass is 204 g/mol. The van der Waals surface area contributed by atoms with Crippen LogP contribution in [-0.2, 0) is 6.18 Å². The summed E-state index contributed by atoms with van der Waals surface area (Å²) in [5, 5.41) is 1.92. The van der Waals surface area contributed by atoms with Crippen LogP contribution in [0.5, 0.6) is 0 Å². The maximum absolute atomic E-state index is 12.3. The number of benzene rings is 1. The standard InChI is InChI=1S/C9H4ClF3/c10-6-5-7-3-1-2-4-8(7)9(11,12)13/h1-4H. The molecule has 0 saturated carbocycles. The van der Waals surface area contributed by atoms with Gasteiger partial charge in [0.1, 0.15) is 0 Å². The summed E-state index contributed by atoms with van der Waals surface area (Å²) >= 11 is 5.03. The lowest BCUT2D eigenvalue weighted by Gasteiger charge is -2.07. The Morgan fingerprint density at radius 3 is 2.31 bits per heavy atom. The number of rotatable bonds is 0. The SMILES string of the molecule is FC(F)(F)c1ccccc1C#CCl. The summed E-state index contributed by atoms with van der Waals surface area (Å²) in [6.45, 7) is 0. The lowest BCUT2D eigenvalue weighted by atomic mass is 10.1. The van der Waals surface area contributed by atoms with Crippen LogP contribution in [0.3, 0.4) is 0 Å². The van der Waals surface area contributed by atoms with Crippen molar-refractivity contribution in [1.29, 1.82) is 0 Å². The molecule has 0 N–H and O–H groups in total. The first-order valence-corrected chi connectivity index (χ1v) is 3.71. The van der Waals surface area contributed by atoms with Crippen LogP contribution < -0.4 is 0 Å². The molecule has 0 bridgehead atoms. The van der Waals surface area contributed by atoms with Crippen molar-refractivity contribution in [2.24, 2.45) is 0 Å². The van der Waals surface area contributed by atoms with Gasteiger partial charge in [-0.25, -0.2) is 0 Å². The molecule has 0 aliphatic rings. The third kappa shape index (κ3) is 2.40. The van der Waals surface area contributed by atoms with Crippen molar-refractivity contribution in [3.05, 3.63) is 35.4 Å². The normalized spacial score (nSPS) is 10.5. The summed E-state index contributed by atoms with van der Waals surface area (Å²) in [7, 11) is 0. The smallest absolute Gasteiger partial charge is 0.166 e. The molecule has 0 aromatic heterocycles. The minimum Gasteiger partial charge on any atom is -0.166 e. The lowest BCUT2D eigenvalue weighted by molar-refractivity contribution is -0.137. The molecule has 0 amide bonds. The molecular formula is C9H4ClF3. The third-order valence-electron chi connectivity index (χ3n) is 1.41.